The Morgan fingerprint density at radius 3 is 2.88 bits per heavy atom. The number of hydrogen-bond donors (Lipinski definition) is 1. The molecular formula is C19H26N4O2. The summed E-state index contributed by atoms with van der Waals surface area (Å²) in [5.41, 5.74) is 1.06. The largest absolute Gasteiger partial charge is 0.339 e. The highest BCUT2D eigenvalue weighted by Crippen LogP contribution is 2.32. The Balaban J connectivity index is 1.48. The zero-order valence-electron chi connectivity index (χ0n) is 14.6. The van der Waals surface area contributed by atoms with Crippen LogP contribution in [0.25, 0.3) is 0 Å². The van der Waals surface area contributed by atoms with E-state index in [4.69, 9.17) is 0 Å². The lowest BCUT2D eigenvalue weighted by Crippen LogP contribution is -2.51. The monoisotopic (exact) mass is 342 g/mol. The molecule has 6 nitrogen and oxygen atoms in total. The summed E-state index contributed by atoms with van der Waals surface area (Å²) >= 11 is 0. The second-order valence-electron chi connectivity index (χ2n) is 7.42. The number of nitrogens with zero attached hydrogens (tertiary/aromatic N) is 3. The van der Waals surface area contributed by atoms with Gasteiger partial charge in [0.15, 0.2) is 0 Å². The number of carbonyl (C=O) groups excluding carboxylic acids is 2. The summed E-state index contributed by atoms with van der Waals surface area (Å²) in [5, 5.41) is 3.37. The molecule has 3 heterocycles. The quantitative estimate of drug-likeness (QED) is 0.900. The van der Waals surface area contributed by atoms with E-state index in [-0.39, 0.29) is 23.8 Å². The normalized spacial score (nSPS) is 27.9. The van der Waals surface area contributed by atoms with Crippen LogP contribution in [0.2, 0.25) is 0 Å². The standard InChI is InChI=1S/C19H26N4O2/c24-18-10-15(13-23(18)16-5-1-2-6-16)19(25)22-9-8-21-12-17(22)14-4-3-7-20-11-14/h3-4,7,11,15-17,21H,1-2,5-6,8-10,12-13H2. The second kappa shape index (κ2) is 7.12. The molecule has 25 heavy (non-hydrogen) atoms. The Morgan fingerprint density at radius 1 is 1.28 bits per heavy atom. The third-order valence-corrected chi connectivity index (χ3v) is 5.87. The van der Waals surface area contributed by atoms with E-state index in [1.54, 1.807) is 6.20 Å². The molecule has 4 rings (SSSR count). The van der Waals surface area contributed by atoms with Gasteiger partial charge in [-0.1, -0.05) is 18.9 Å². The van der Waals surface area contributed by atoms with Crippen LogP contribution in [0.4, 0.5) is 0 Å². The first-order valence-electron chi connectivity index (χ1n) is 9.44. The van der Waals surface area contributed by atoms with Crippen molar-refractivity contribution in [3.8, 4) is 0 Å². The fourth-order valence-electron chi connectivity index (χ4n) is 4.54. The van der Waals surface area contributed by atoms with Crippen molar-refractivity contribution in [1.29, 1.82) is 0 Å². The molecule has 0 aromatic carbocycles. The van der Waals surface area contributed by atoms with Crippen LogP contribution in [-0.2, 0) is 9.59 Å². The molecule has 2 saturated heterocycles. The molecule has 2 amide bonds. The Labute approximate surface area is 148 Å². The highest BCUT2D eigenvalue weighted by atomic mass is 16.2. The fourth-order valence-corrected chi connectivity index (χ4v) is 4.54. The molecular weight excluding hydrogens is 316 g/mol. The van der Waals surface area contributed by atoms with Crippen LogP contribution in [0.15, 0.2) is 24.5 Å². The molecule has 134 valence electrons. The van der Waals surface area contributed by atoms with E-state index < -0.39 is 0 Å². The summed E-state index contributed by atoms with van der Waals surface area (Å²) in [4.78, 5) is 33.8. The van der Waals surface area contributed by atoms with E-state index >= 15 is 0 Å². The Bertz CT molecular complexity index is 630. The minimum Gasteiger partial charge on any atom is -0.339 e. The third-order valence-electron chi connectivity index (χ3n) is 5.87. The van der Waals surface area contributed by atoms with Gasteiger partial charge < -0.3 is 15.1 Å². The molecule has 1 N–H and O–H groups in total. The van der Waals surface area contributed by atoms with Crippen LogP contribution in [0.3, 0.4) is 0 Å². The number of aromatic nitrogens is 1. The van der Waals surface area contributed by atoms with Gasteiger partial charge in [-0.2, -0.15) is 0 Å². The van der Waals surface area contributed by atoms with E-state index in [1.807, 2.05) is 28.1 Å². The van der Waals surface area contributed by atoms with Gasteiger partial charge in [0.25, 0.3) is 0 Å². The lowest BCUT2D eigenvalue weighted by atomic mass is 10.0. The molecule has 6 heteroatoms. The zero-order valence-corrected chi connectivity index (χ0v) is 14.6. The first kappa shape index (κ1) is 16.5. The number of amides is 2. The SMILES string of the molecule is O=C1CC(C(=O)N2CCNCC2c2cccnc2)CN1C1CCCC1. The second-order valence-corrected chi connectivity index (χ2v) is 7.42. The van der Waals surface area contributed by atoms with Crippen LogP contribution in [0, 0.1) is 5.92 Å². The van der Waals surface area contributed by atoms with Gasteiger partial charge >= 0.3 is 0 Å². The molecule has 0 spiro atoms. The van der Waals surface area contributed by atoms with Crippen LogP contribution in [0.1, 0.15) is 43.7 Å². The number of hydrogen-bond acceptors (Lipinski definition) is 4. The Hall–Kier alpha value is -1.95. The smallest absolute Gasteiger partial charge is 0.228 e. The maximum absolute atomic E-state index is 13.2. The first-order chi connectivity index (χ1) is 12.2. The van der Waals surface area contributed by atoms with Crippen molar-refractivity contribution < 1.29 is 9.59 Å². The average Bonchev–Trinajstić information content (AvgIpc) is 3.31. The van der Waals surface area contributed by atoms with Gasteiger partial charge in [-0.05, 0) is 24.5 Å². The van der Waals surface area contributed by atoms with Gasteiger partial charge in [-0.3, -0.25) is 14.6 Å². The van der Waals surface area contributed by atoms with Gasteiger partial charge in [0.05, 0.1) is 12.0 Å². The molecule has 1 aromatic rings. The van der Waals surface area contributed by atoms with Gasteiger partial charge in [0.1, 0.15) is 0 Å². The minimum absolute atomic E-state index is 0.00517. The van der Waals surface area contributed by atoms with E-state index in [0.29, 0.717) is 25.6 Å². The molecule has 3 fully saturated rings. The van der Waals surface area contributed by atoms with Crippen molar-refractivity contribution in [2.45, 2.75) is 44.2 Å². The Morgan fingerprint density at radius 2 is 2.12 bits per heavy atom. The number of piperazine rings is 1. The topological polar surface area (TPSA) is 65.5 Å². The van der Waals surface area contributed by atoms with Crippen molar-refractivity contribution in [1.82, 2.24) is 20.1 Å². The number of nitrogens with one attached hydrogen (secondary N) is 1. The number of pyridine rings is 1. The van der Waals surface area contributed by atoms with Crippen molar-refractivity contribution >= 4 is 11.8 Å². The van der Waals surface area contributed by atoms with Gasteiger partial charge in [-0.15, -0.1) is 0 Å². The molecule has 1 aromatic heterocycles. The summed E-state index contributed by atoms with van der Waals surface area (Å²) < 4.78 is 0. The maximum atomic E-state index is 13.2. The number of carbonyl (C=O) groups is 2. The highest BCUT2D eigenvalue weighted by molar-refractivity contribution is 5.89. The van der Waals surface area contributed by atoms with Crippen molar-refractivity contribution in [3.63, 3.8) is 0 Å². The molecule has 1 aliphatic carbocycles. The van der Waals surface area contributed by atoms with Crippen molar-refractivity contribution in [2.24, 2.45) is 5.92 Å². The molecule has 1 saturated carbocycles. The molecule has 2 unspecified atom stereocenters. The predicted molar refractivity (Wildman–Crippen MR) is 93.6 cm³/mol. The molecule has 2 atom stereocenters. The number of rotatable bonds is 3. The summed E-state index contributed by atoms with van der Waals surface area (Å²) in [6.45, 7) is 2.83. The van der Waals surface area contributed by atoms with Crippen LogP contribution in [-0.4, -0.2) is 58.8 Å². The zero-order chi connectivity index (χ0) is 17.2. The van der Waals surface area contributed by atoms with Gasteiger partial charge in [0, 0.05) is 51.0 Å². The molecule has 3 aliphatic rings. The third kappa shape index (κ3) is 3.27. The van der Waals surface area contributed by atoms with Gasteiger partial charge in [-0.25, -0.2) is 0 Å². The van der Waals surface area contributed by atoms with Crippen LogP contribution in [0.5, 0.6) is 0 Å². The summed E-state index contributed by atoms with van der Waals surface area (Å²) in [6, 6.07) is 4.30. The van der Waals surface area contributed by atoms with Crippen molar-refractivity contribution in [2.75, 3.05) is 26.2 Å². The Kier molecular flexibility index (Phi) is 4.70. The van der Waals surface area contributed by atoms with Gasteiger partial charge in [0.2, 0.25) is 11.8 Å². The molecule has 0 radical (unpaired) electrons. The number of likely N-dealkylation sites (tertiary alicyclic amines) is 1. The van der Waals surface area contributed by atoms with E-state index in [0.717, 1.165) is 31.5 Å². The summed E-state index contributed by atoms with van der Waals surface area (Å²) in [5.74, 6) is 0.105. The maximum Gasteiger partial charge on any atom is 0.228 e. The van der Waals surface area contributed by atoms with Crippen LogP contribution >= 0.6 is 0 Å². The lowest BCUT2D eigenvalue weighted by Gasteiger charge is -2.37. The summed E-state index contributed by atoms with van der Waals surface area (Å²) in [7, 11) is 0. The highest BCUT2D eigenvalue weighted by Gasteiger charge is 2.41. The fraction of sp³-hybridized carbons (Fsp3) is 0.632. The predicted octanol–water partition coefficient (Wildman–Crippen LogP) is 1.35. The van der Waals surface area contributed by atoms with E-state index in [1.165, 1.54) is 12.8 Å². The van der Waals surface area contributed by atoms with E-state index in [9.17, 15) is 9.59 Å². The van der Waals surface area contributed by atoms with Crippen LogP contribution < -0.4 is 5.32 Å². The minimum atomic E-state index is -0.189. The average molecular weight is 342 g/mol. The first-order valence-corrected chi connectivity index (χ1v) is 9.44. The summed E-state index contributed by atoms with van der Waals surface area (Å²) in [6.07, 6.45) is 8.56. The lowest BCUT2D eigenvalue weighted by molar-refractivity contribution is -0.139. The molecule has 2 aliphatic heterocycles. The molecule has 0 bridgehead atoms. The van der Waals surface area contributed by atoms with E-state index in [2.05, 4.69) is 10.3 Å². The van der Waals surface area contributed by atoms with Crippen molar-refractivity contribution in [3.05, 3.63) is 30.1 Å².